The van der Waals surface area contributed by atoms with E-state index in [1.165, 1.54) is 0 Å². The van der Waals surface area contributed by atoms with E-state index >= 15 is 0 Å². The van der Waals surface area contributed by atoms with Crippen molar-refractivity contribution in [3.63, 3.8) is 0 Å². The first-order valence-corrected chi connectivity index (χ1v) is 7.11. The van der Waals surface area contributed by atoms with Crippen LogP contribution in [0.2, 0.25) is 5.02 Å². The van der Waals surface area contributed by atoms with Gasteiger partial charge in [-0.15, -0.1) is 0 Å². The quantitative estimate of drug-likeness (QED) is 0.853. The molecule has 1 heterocycles. The van der Waals surface area contributed by atoms with Crippen LogP contribution in [-0.4, -0.2) is 20.9 Å². The summed E-state index contributed by atoms with van der Waals surface area (Å²) in [4.78, 5) is 10.5. The van der Waals surface area contributed by atoms with Crippen LogP contribution in [0.4, 0.5) is 0 Å². The molecule has 1 N–H and O–H groups in total. The van der Waals surface area contributed by atoms with E-state index in [9.17, 15) is 4.79 Å². The molecule has 1 aromatic carbocycles. The molecule has 0 aliphatic rings. The molecule has 0 spiro atoms. The summed E-state index contributed by atoms with van der Waals surface area (Å²) in [6, 6.07) is 7.41. The van der Waals surface area contributed by atoms with Crippen molar-refractivity contribution >= 4 is 17.6 Å². The molecule has 0 aliphatic carbocycles. The number of nitrogens with zero attached hydrogens (tertiary/aromatic N) is 2. The lowest BCUT2D eigenvalue weighted by atomic mass is 10.1. The summed E-state index contributed by atoms with van der Waals surface area (Å²) < 4.78 is 7.49. The summed E-state index contributed by atoms with van der Waals surface area (Å²) in [5.74, 6) is -0.0770. The summed E-state index contributed by atoms with van der Waals surface area (Å²) in [6.07, 6.45) is 2.26. The van der Waals surface area contributed by atoms with Crippen LogP contribution in [0, 0.1) is 0 Å². The predicted octanol–water partition coefficient (Wildman–Crippen LogP) is 3.15. The number of carbonyl (C=O) groups is 1. The summed E-state index contributed by atoms with van der Waals surface area (Å²) in [6.45, 7) is 3.07. The van der Waals surface area contributed by atoms with E-state index < -0.39 is 5.97 Å². The van der Waals surface area contributed by atoms with Gasteiger partial charge < -0.3 is 9.84 Å². The number of halogens is 1. The Morgan fingerprint density at radius 1 is 1.38 bits per heavy atom. The molecule has 0 atom stereocenters. The molecular formula is C15H17ClN2O3. The van der Waals surface area contributed by atoms with E-state index in [0.29, 0.717) is 23.8 Å². The van der Waals surface area contributed by atoms with Crippen molar-refractivity contribution in [2.45, 2.75) is 32.9 Å². The Morgan fingerprint density at radius 3 is 2.71 bits per heavy atom. The largest absolute Gasteiger partial charge is 0.487 e. The van der Waals surface area contributed by atoms with Crippen molar-refractivity contribution in [3.05, 3.63) is 46.7 Å². The Labute approximate surface area is 128 Å². The second kappa shape index (κ2) is 7.13. The predicted molar refractivity (Wildman–Crippen MR) is 79.6 cm³/mol. The highest BCUT2D eigenvalue weighted by Gasteiger charge is 2.08. The Hall–Kier alpha value is -2.01. The third-order valence-corrected chi connectivity index (χ3v) is 3.44. The monoisotopic (exact) mass is 308 g/mol. The minimum atomic E-state index is -0.794. The number of aliphatic carboxylic acids is 1. The van der Waals surface area contributed by atoms with Crippen LogP contribution < -0.4 is 4.74 Å². The second-order valence-corrected chi connectivity index (χ2v) is 4.99. The summed E-state index contributed by atoms with van der Waals surface area (Å²) >= 11 is 6.07. The van der Waals surface area contributed by atoms with Gasteiger partial charge in [0.05, 0.1) is 16.9 Å². The smallest absolute Gasteiger partial charge is 0.303 e. The van der Waals surface area contributed by atoms with Gasteiger partial charge in [-0.25, -0.2) is 0 Å². The first-order chi connectivity index (χ1) is 10.1. The molecule has 0 bridgehead atoms. The third-order valence-electron chi connectivity index (χ3n) is 3.12. The van der Waals surface area contributed by atoms with Crippen LogP contribution in [0.3, 0.4) is 0 Å². The fourth-order valence-electron chi connectivity index (χ4n) is 1.96. The van der Waals surface area contributed by atoms with Crippen molar-refractivity contribution in [1.29, 1.82) is 0 Å². The molecule has 0 fully saturated rings. The highest BCUT2D eigenvalue weighted by molar-refractivity contribution is 6.31. The molecule has 2 aromatic rings. The van der Waals surface area contributed by atoms with E-state index in [-0.39, 0.29) is 6.42 Å². The lowest BCUT2D eigenvalue weighted by Crippen LogP contribution is -2.06. The van der Waals surface area contributed by atoms with E-state index in [4.69, 9.17) is 21.4 Å². The average Bonchev–Trinajstić information content (AvgIpc) is 2.84. The lowest BCUT2D eigenvalue weighted by molar-refractivity contribution is -0.136. The van der Waals surface area contributed by atoms with Gasteiger partial charge in [-0.3, -0.25) is 9.48 Å². The van der Waals surface area contributed by atoms with Crippen molar-refractivity contribution < 1.29 is 14.6 Å². The van der Waals surface area contributed by atoms with Crippen LogP contribution in [0.25, 0.3) is 0 Å². The normalized spacial score (nSPS) is 10.6. The summed E-state index contributed by atoms with van der Waals surface area (Å²) in [5.41, 5.74) is 1.82. The van der Waals surface area contributed by atoms with Gasteiger partial charge in [0.25, 0.3) is 0 Å². The average molecular weight is 309 g/mol. The highest BCUT2D eigenvalue weighted by atomic mass is 35.5. The fourth-order valence-corrected chi connectivity index (χ4v) is 2.15. The van der Waals surface area contributed by atoms with E-state index in [0.717, 1.165) is 17.8 Å². The molecule has 0 amide bonds. The van der Waals surface area contributed by atoms with Gasteiger partial charge in [0, 0.05) is 13.0 Å². The molecule has 1 aromatic heterocycles. The zero-order chi connectivity index (χ0) is 15.2. The first kappa shape index (κ1) is 15.4. The first-order valence-electron chi connectivity index (χ1n) is 6.74. The number of carboxylic acids is 1. The maximum atomic E-state index is 10.5. The zero-order valence-corrected chi connectivity index (χ0v) is 12.5. The molecule has 112 valence electrons. The Kier molecular flexibility index (Phi) is 5.22. The Morgan fingerprint density at radius 2 is 2.10 bits per heavy atom. The number of rotatable bonds is 7. The number of carboxylic acid groups (broad SMARTS) is 1. The highest BCUT2D eigenvalue weighted by Crippen LogP contribution is 2.19. The summed E-state index contributed by atoms with van der Waals surface area (Å²) in [5, 5.41) is 13.4. The molecule has 0 saturated heterocycles. The van der Waals surface area contributed by atoms with Gasteiger partial charge in [0.1, 0.15) is 12.4 Å². The van der Waals surface area contributed by atoms with Crippen LogP contribution >= 0.6 is 11.6 Å². The second-order valence-electron chi connectivity index (χ2n) is 4.58. The molecular weight excluding hydrogens is 292 g/mol. The van der Waals surface area contributed by atoms with Crippen molar-refractivity contribution in [2.75, 3.05) is 0 Å². The molecule has 5 nitrogen and oxygen atoms in total. The van der Waals surface area contributed by atoms with Gasteiger partial charge in [-0.1, -0.05) is 23.7 Å². The lowest BCUT2D eigenvalue weighted by Gasteiger charge is -2.09. The topological polar surface area (TPSA) is 64.4 Å². The van der Waals surface area contributed by atoms with E-state index in [1.807, 2.05) is 31.2 Å². The number of aromatic nitrogens is 2. The Bertz CT molecular complexity index is 608. The van der Waals surface area contributed by atoms with Gasteiger partial charge in [0.2, 0.25) is 0 Å². The SMILES string of the molecule is CCn1ncc(Cl)c1COc1ccc(CCC(=O)O)cc1. The molecule has 0 radical (unpaired) electrons. The number of hydrogen-bond acceptors (Lipinski definition) is 3. The third kappa shape index (κ3) is 4.23. The molecule has 2 rings (SSSR count). The fraction of sp³-hybridized carbons (Fsp3) is 0.333. The molecule has 0 unspecified atom stereocenters. The standard InChI is InChI=1S/C15H17ClN2O3/c1-2-18-14(13(16)9-17-18)10-21-12-6-3-11(4-7-12)5-8-15(19)20/h3-4,6-7,9H,2,5,8,10H2,1H3,(H,19,20). The molecule has 0 saturated carbocycles. The number of aryl methyl sites for hydroxylation is 2. The van der Waals surface area contributed by atoms with Gasteiger partial charge in [-0.05, 0) is 31.0 Å². The molecule has 6 heteroatoms. The number of benzene rings is 1. The molecule has 21 heavy (non-hydrogen) atoms. The van der Waals surface area contributed by atoms with Crippen LogP contribution in [0.1, 0.15) is 24.6 Å². The van der Waals surface area contributed by atoms with Crippen LogP contribution in [-0.2, 0) is 24.4 Å². The van der Waals surface area contributed by atoms with Crippen LogP contribution in [0.15, 0.2) is 30.5 Å². The number of hydrogen-bond donors (Lipinski definition) is 1. The zero-order valence-electron chi connectivity index (χ0n) is 11.8. The number of ether oxygens (including phenoxy) is 1. The van der Waals surface area contributed by atoms with E-state index in [2.05, 4.69) is 5.10 Å². The maximum Gasteiger partial charge on any atom is 0.303 e. The van der Waals surface area contributed by atoms with Gasteiger partial charge in [-0.2, -0.15) is 5.10 Å². The van der Waals surface area contributed by atoms with Crippen molar-refractivity contribution in [3.8, 4) is 5.75 Å². The van der Waals surface area contributed by atoms with Crippen LogP contribution in [0.5, 0.6) is 5.75 Å². The molecule has 0 aliphatic heterocycles. The van der Waals surface area contributed by atoms with Crippen molar-refractivity contribution in [2.24, 2.45) is 0 Å². The van der Waals surface area contributed by atoms with Gasteiger partial charge in [0.15, 0.2) is 0 Å². The maximum absolute atomic E-state index is 10.5. The van der Waals surface area contributed by atoms with Crippen molar-refractivity contribution in [1.82, 2.24) is 9.78 Å². The Balaban J connectivity index is 1.94. The summed E-state index contributed by atoms with van der Waals surface area (Å²) in [7, 11) is 0. The minimum Gasteiger partial charge on any atom is -0.487 e. The van der Waals surface area contributed by atoms with Gasteiger partial charge >= 0.3 is 5.97 Å². The minimum absolute atomic E-state index is 0.130. The van der Waals surface area contributed by atoms with E-state index in [1.54, 1.807) is 10.9 Å².